The third-order valence-corrected chi connectivity index (χ3v) is 11.1. The number of nitrogens with zero attached hydrogens (tertiary/aromatic N) is 12. The van der Waals surface area contributed by atoms with Crippen LogP contribution in [0.5, 0.6) is 0 Å². The number of benzene rings is 1. The molecule has 13 nitrogen and oxygen atoms in total. The maximum atomic E-state index is 10.3. The molecule has 426 valence electrons. The van der Waals surface area contributed by atoms with Crippen LogP contribution in [0.25, 0.3) is 0 Å². The Balaban J connectivity index is 0.000000450. The van der Waals surface area contributed by atoms with Crippen LogP contribution in [-0.2, 0) is 0 Å². The second-order valence-corrected chi connectivity index (χ2v) is 19.5. The van der Waals surface area contributed by atoms with Crippen LogP contribution in [0.1, 0.15) is 113 Å². The molecule has 0 bridgehead atoms. The van der Waals surface area contributed by atoms with Gasteiger partial charge in [0.2, 0.25) is 0 Å². The molecule has 0 saturated heterocycles. The van der Waals surface area contributed by atoms with Gasteiger partial charge in [0.1, 0.15) is 17.5 Å². The monoisotopic (exact) mass is 1090 g/mol. The van der Waals surface area contributed by atoms with Crippen molar-refractivity contribution in [1.29, 1.82) is 0 Å². The Morgan fingerprint density at radius 1 is 0.272 bits per heavy atom. The van der Waals surface area contributed by atoms with Crippen LogP contribution >= 0.6 is 0 Å². The Kier molecular flexibility index (Phi) is 35.0. The average molecular weight is 1090 g/mol. The molecule has 0 fully saturated rings. The van der Waals surface area contributed by atoms with Crippen molar-refractivity contribution in [3.05, 3.63) is 289 Å². The van der Waals surface area contributed by atoms with Crippen molar-refractivity contribution in [2.75, 3.05) is 0 Å². The summed E-state index contributed by atoms with van der Waals surface area (Å²) in [5, 5.41) is 10.3. The molecule has 13 heteroatoms. The maximum Gasteiger partial charge on any atom is 0.180 e. The van der Waals surface area contributed by atoms with Gasteiger partial charge in [-0.05, 0) is 260 Å². The van der Waals surface area contributed by atoms with E-state index in [1.807, 2.05) is 144 Å². The Morgan fingerprint density at radius 2 is 0.741 bits per heavy atom. The number of hydrogen-bond donors (Lipinski definition) is 0. The fourth-order valence-electron chi connectivity index (χ4n) is 6.25. The van der Waals surface area contributed by atoms with Crippen molar-refractivity contribution in [2.24, 2.45) is 0 Å². The molecule has 0 aliphatic rings. The highest BCUT2D eigenvalue weighted by molar-refractivity contribution is 5.29. The van der Waals surface area contributed by atoms with Crippen LogP contribution in [0.4, 0.5) is 0 Å². The van der Waals surface area contributed by atoms with Gasteiger partial charge >= 0.3 is 0 Å². The minimum Gasteiger partial charge on any atom is -0.619 e. The Bertz CT molecular complexity index is 2940. The standard InChI is InChI=1S/C9H12.2C8H11N.2C7H9N.2C6H8N2.C6H7NO.C6H7N.C5H6N2/c1-7-4-5-8(2)9(3)6-7;1-6-4-8(3)9-5-7(6)2;1-6-4-7(2)9-8(3)5-6;1-6-3-4-8-5-7(6)2;1-6-3-4-8-7(2)5-6;1-5-3-7-6(2)8-4-5;1-5-3-4-7-6(2)8-5;1-6-2-4-7(8)5-3-6;1-6-2-4-7-5-3-6;1-5-6-3-2-4-7-5/h4-6H,1-3H3;2*4-5H,1-3H3;2*3-5H,1-2H3;2*3-4H,1-2H3;2-5H,1H3;2-5H,1H3;2-4H,1H3. The molecule has 0 saturated carbocycles. The number of pyridine rings is 6. The summed E-state index contributed by atoms with van der Waals surface area (Å²) in [5.41, 5.74) is 20.7. The molecule has 0 aliphatic heterocycles. The lowest BCUT2D eigenvalue weighted by molar-refractivity contribution is -0.605. The number of hydrogen-bond acceptors (Lipinski definition) is 12. The summed E-state index contributed by atoms with van der Waals surface area (Å²) < 4.78 is 0.771. The minimum atomic E-state index is 0.771. The molecule has 9 aromatic heterocycles. The summed E-state index contributed by atoms with van der Waals surface area (Å²) in [7, 11) is 0. The van der Waals surface area contributed by atoms with E-state index in [-0.39, 0.29) is 0 Å². The van der Waals surface area contributed by atoms with E-state index in [0.29, 0.717) is 0 Å². The quantitative estimate of drug-likeness (QED) is 0.104. The maximum absolute atomic E-state index is 10.3. The van der Waals surface area contributed by atoms with E-state index < -0.39 is 0 Å². The van der Waals surface area contributed by atoms with Crippen LogP contribution < -0.4 is 4.73 Å². The van der Waals surface area contributed by atoms with E-state index in [1.54, 1.807) is 49.2 Å². The van der Waals surface area contributed by atoms with Crippen LogP contribution in [0.3, 0.4) is 0 Å². The summed E-state index contributed by atoms with van der Waals surface area (Å²) in [6, 6.07) is 30.0. The fraction of sp³-hybridized carbons (Fsp3) is 0.294. The van der Waals surface area contributed by atoms with Crippen molar-refractivity contribution in [3.63, 3.8) is 0 Å². The third kappa shape index (κ3) is 36.8. The molecule has 0 aliphatic carbocycles. The normalized spacial score (nSPS) is 9.28. The van der Waals surface area contributed by atoms with Crippen LogP contribution in [-0.4, -0.2) is 54.8 Å². The zero-order chi connectivity index (χ0) is 60.7. The van der Waals surface area contributed by atoms with Gasteiger partial charge in [-0.25, -0.2) is 29.9 Å². The molecular weight excluding hydrogens is 1000 g/mol. The molecule has 0 unspecified atom stereocenters. The van der Waals surface area contributed by atoms with Crippen molar-refractivity contribution in [2.45, 2.75) is 138 Å². The first kappa shape index (κ1) is 70.2. The van der Waals surface area contributed by atoms with E-state index in [0.717, 1.165) is 61.8 Å². The van der Waals surface area contributed by atoms with E-state index in [9.17, 15) is 5.21 Å². The zero-order valence-corrected chi connectivity index (χ0v) is 51.9. The fourth-order valence-corrected chi connectivity index (χ4v) is 6.25. The van der Waals surface area contributed by atoms with Gasteiger partial charge < -0.3 is 5.21 Å². The highest BCUT2D eigenvalue weighted by Crippen LogP contribution is 2.08. The van der Waals surface area contributed by atoms with Gasteiger partial charge in [-0.1, -0.05) is 23.8 Å². The van der Waals surface area contributed by atoms with Gasteiger partial charge in [0.15, 0.2) is 12.4 Å². The van der Waals surface area contributed by atoms with E-state index in [2.05, 4.69) is 160 Å². The van der Waals surface area contributed by atoms with Gasteiger partial charge in [0.25, 0.3) is 0 Å². The van der Waals surface area contributed by atoms with Crippen LogP contribution in [0, 0.1) is 144 Å². The Labute approximate surface area is 485 Å². The van der Waals surface area contributed by atoms with Crippen LogP contribution in [0.15, 0.2) is 172 Å². The first-order chi connectivity index (χ1) is 38.3. The summed E-state index contributed by atoms with van der Waals surface area (Å²) in [6.45, 7) is 40.4. The molecule has 81 heavy (non-hydrogen) atoms. The molecule has 9 heterocycles. The molecule has 1 aromatic carbocycles. The minimum absolute atomic E-state index is 0.771. The third-order valence-electron chi connectivity index (χ3n) is 11.1. The van der Waals surface area contributed by atoms with Crippen molar-refractivity contribution in [3.8, 4) is 0 Å². The first-order valence-corrected chi connectivity index (χ1v) is 26.7. The lowest BCUT2D eigenvalue weighted by atomic mass is 10.1. The second-order valence-electron chi connectivity index (χ2n) is 19.5. The summed E-state index contributed by atoms with van der Waals surface area (Å²) in [5.74, 6) is 2.49. The molecule has 0 spiro atoms. The lowest BCUT2D eigenvalue weighted by Crippen LogP contribution is -2.23. The van der Waals surface area contributed by atoms with Gasteiger partial charge in [0, 0.05) is 109 Å². The molecule has 0 amide bonds. The smallest absolute Gasteiger partial charge is 0.180 e. The van der Waals surface area contributed by atoms with E-state index in [4.69, 9.17) is 0 Å². The molecule has 0 atom stereocenters. The molecule has 10 aromatic rings. The summed E-state index contributed by atoms with van der Waals surface area (Å²) >= 11 is 0. The summed E-state index contributed by atoms with van der Waals surface area (Å²) in [6.07, 6.45) is 22.8. The van der Waals surface area contributed by atoms with Gasteiger partial charge in [-0.15, -0.1) is 0 Å². The number of rotatable bonds is 0. The SMILES string of the molecule is Cc1cc(C)c(C)cn1.Cc1cc(C)nc(C)c1.Cc1cc[n+]([O-])cc1.Cc1ccc(C)c(C)c1.Cc1ccnc(C)c1.Cc1ccnc(C)n1.Cc1ccncc1.Cc1ccncc1C.Cc1cnc(C)nc1.Cc1ncccn1. The lowest BCUT2D eigenvalue weighted by Gasteiger charge is -1.98. The predicted molar refractivity (Wildman–Crippen MR) is 334 cm³/mol. The number of aryl methyl sites for hydroxylation is 20. The topological polar surface area (TPSA) is 169 Å². The van der Waals surface area contributed by atoms with Crippen molar-refractivity contribution < 1.29 is 4.73 Å². The van der Waals surface area contributed by atoms with Crippen molar-refractivity contribution >= 4 is 0 Å². The van der Waals surface area contributed by atoms with Crippen LogP contribution in [0.2, 0.25) is 0 Å². The second kappa shape index (κ2) is 40.4. The van der Waals surface area contributed by atoms with Gasteiger partial charge in [-0.3, -0.25) is 24.9 Å². The Morgan fingerprint density at radius 3 is 1.11 bits per heavy atom. The molecule has 10 rings (SSSR count). The highest BCUT2D eigenvalue weighted by Gasteiger charge is 1.93. The number of aromatic nitrogens is 12. The largest absolute Gasteiger partial charge is 0.619 e. The van der Waals surface area contributed by atoms with Gasteiger partial charge in [0.05, 0.1) is 0 Å². The zero-order valence-electron chi connectivity index (χ0n) is 51.9. The molecule has 0 radical (unpaired) electrons. The van der Waals surface area contributed by atoms with E-state index in [1.165, 1.54) is 68.0 Å². The summed E-state index contributed by atoms with van der Waals surface area (Å²) in [4.78, 5) is 43.9. The molecule has 0 N–H and O–H groups in total. The van der Waals surface area contributed by atoms with Gasteiger partial charge in [-0.2, -0.15) is 4.73 Å². The Hall–Kier alpha value is -8.84. The average Bonchev–Trinajstić information content (AvgIpc) is 3.41. The van der Waals surface area contributed by atoms with Crippen molar-refractivity contribution in [1.82, 2.24) is 54.8 Å². The highest BCUT2D eigenvalue weighted by atomic mass is 16.5. The predicted octanol–water partition coefficient (Wildman–Crippen LogP) is 15.0. The molecular formula is C68H88N12O. The van der Waals surface area contributed by atoms with E-state index >= 15 is 0 Å². The first-order valence-electron chi connectivity index (χ1n) is 26.7.